The van der Waals surface area contributed by atoms with Crippen LogP contribution >= 0.6 is 0 Å². The smallest absolute Gasteiger partial charge is 0.149 e. The maximum absolute atomic E-state index is 11.3. The molecule has 0 bridgehead atoms. The van der Waals surface area contributed by atoms with Crippen LogP contribution in [-0.4, -0.2) is 19.6 Å². The van der Waals surface area contributed by atoms with Crippen LogP contribution in [0.15, 0.2) is 199 Å². The first-order valence-electron chi connectivity index (χ1n) is 20.3. The summed E-state index contributed by atoms with van der Waals surface area (Å²) in [6.07, 6.45) is 1.95. The monoisotopic (exact) mass is 773 g/mol. The predicted molar refractivity (Wildman–Crippen MR) is 246 cm³/mol. The Bertz CT molecular complexity index is 3420. The number of fused-ring (bicyclic) bond motifs is 6. The largest absolute Gasteiger partial charge is 0.507 e. The van der Waals surface area contributed by atoms with Crippen LogP contribution in [0.3, 0.4) is 0 Å². The highest BCUT2D eigenvalue weighted by Crippen LogP contribution is 2.43. The van der Waals surface area contributed by atoms with E-state index in [1.165, 1.54) is 5.56 Å². The molecule has 5 nitrogen and oxygen atoms in total. The van der Waals surface area contributed by atoms with Gasteiger partial charge in [0.05, 0.1) is 28.0 Å². The summed E-state index contributed by atoms with van der Waals surface area (Å²) in [5.74, 6) is 0.825. The molecule has 3 aromatic heterocycles. The standard InChI is InChI=1S/C55H39N3O2/c1-55(2,39-19-7-4-8-20-39)40-31-37(30-38(32-40)47-33-51-46(34-56-47)44-29-28-36-18-9-10-22-43(36)53(44)60-51)42-24-15-26-49-52(42)57-54(45-23-12-14-27-50(45)59)58(49)48-25-13-11-21-41(48)35-16-5-3-6-17-35/h3-34,59H,1-2H3. The molecule has 11 rings (SSSR count). The topological polar surface area (TPSA) is 64.1 Å². The van der Waals surface area contributed by atoms with Gasteiger partial charge < -0.3 is 9.52 Å². The van der Waals surface area contributed by atoms with E-state index in [-0.39, 0.29) is 11.2 Å². The summed E-state index contributed by atoms with van der Waals surface area (Å²) < 4.78 is 8.84. The van der Waals surface area contributed by atoms with Gasteiger partial charge in [0, 0.05) is 50.5 Å². The molecule has 0 saturated heterocycles. The van der Waals surface area contributed by atoms with E-state index >= 15 is 0 Å². The molecule has 0 aliphatic heterocycles. The van der Waals surface area contributed by atoms with Gasteiger partial charge >= 0.3 is 0 Å². The van der Waals surface area contributed by atoms with Crippen LogP contribution in [0.4, 0.5) is 0 Å². The van der Waals surface area contributed by atoms with E-state index in [0.717, 1.165) is 88.5 Å². The van der Waals surface area contributed by atoms with Gasteiger partial charge in [0.2, 0.25) is 0 Å². The summed E-state index contributed by atoms with van der Waals surface area (Å²) in [6, 6.07) is 64.8. The Morgan fingerprint density at radius 3 is 2.07 bits per heavy atom. The van der Waals surface area contributed by atoms with Crippen molar-refractivity contribution >= 4 is 43.7 Å². The number of hydrogen-bond donors (Lipinski definition) is 1. The van der Waals surface area contributed by atoms with Gasteiger partial charge in [-0.25, -0.2) is 4.98 Å². The summed E-state index contributed by atoms with van der Waals surface area (Å²) in [5, 5.41) is 15.6. The lowest BCUT2D eigenvalue weighted by atomic mass is 9.76. The van der Waals surface area contributed by atoms with Crippen LogP contribution in [0.5, 0.6) is 5.75 Å². The van der Waals surface area contributed by atoms with Crippen molar-refractivity contribution in [1.82, 2.24) is 14.5 Å². The molecular weight excluding hydrogens is 735 g/mol. The Labute approximate surface area is 347 Å². The number of para-hydroxylation sites is 3. The van der Waals surface area contributed by atoms with Crippen molar-refractivity contribution in [2.75, 3.05) is 0 Å². The zero-order chi connectivity index (χ0) is 40.4. The van der Waals surface area contributed by atoms with E-state index in [1.54, 1.807) is 6.07 Å². The van der Waals surface area contributed by atoms with E-state index in [1.807, 2.05) is 30.5 Å². The highest BCUT2D eigenvalue weighted by molar-refractivity contribution is 6.15. The van der Waals surface area contributed by atoms with Gasteiger partial charge in [-0.2, -0.15) is 0 Å². The first-order valence-corrected chi connectivity index (χ1v) is 20.3. The van der Waals surface area contributed by atoms with Gasteiger partial charge in [0.1, 0.15) is 22.7 Å². The number of nitrogens with zero attached hydrogens (tertiary/aromatic N) is 3. The zero-order valence-electron chi connectivity index (χ0n) is 33.2. The van der Waals surface area contributed by atoms with Crippen molar-refractivity contribution in [2.45, 2.75) is 19.3 Å². The number of benzene rings is 8. The third-order valence-corrected chi connectivity index (χ3v) is 12.1. The fraction of sp³-hybridized carbons (Fsp3) is 0.0545. The molecule has 0 aliphatic rings. The van der Waals surface area contributed by atoms with E-state index in [0.29, 0.717) is 11.4 Å². The molecule has 0 unspecified atom stereocenters. The van der Waals surface area contributed by atoms with Crippen molar-refractivity contribution in [3.8, 4) is 56.3 Å². The molecule has 3 heterocycles. The van der Waals surface area contributed by atoms with E-state index < -0.39 is 0 Å². The van der Waals surface area contributed by atoms with Crippen molar-refractivity contribution in [2.24, 2.45) is 0 Å². The molecule has 0 aliphatic carbocycles. The Morgan fingerprint density at radius 2 is 1.23 bits per heavy atom. The van der Waals surface area contributed by atoms with Crippen molar-refractivity contribution < 1.29 is 9.52 Å². The molecule has 0 spiro atoms. The third-order valence-electron chi connectivity index (χ3n) is 12.1. The van der Waals surface area contributed by atoms with Crippen molar-refractivity contribution in [3.05, 3.63) is 205 Å². The Hall–Kier alpha value is -7.76. The molecule has 1 N–H and O–H groups in total. The van der Waals surface area contributed by atoms with Crippen LogP contribution in [-0.2, 0) is 5.41 Å². The quantitative estimate of drug-likeness (QED) is 0.175. The summed E-state index contributed by atoms with van der Waals surface area (Å²) in [4.78, 5) is 10.6. The molecule has 286 valence electrons. The average Bonchev–Trinajstić information content (AvgIpc) is 3.88. The molecule has 0 atom stereocenters. The molecular formula is C55H39N3O2. The lowest BCUT2D eigenvalue weighted by Gasteiger charge is -2.27. The second-order valence-electron chi connectivity index (χ2n) is 16.0. The first kappa shape index (κ1) is 35.4. The van der Waals surface area contributed by atoms with E-state index in [2.05, 4.69) is 176 Å². The lowest BCUT2D eigenvalue weighted by Crippen LogP contribution is -2.19. The summed E-state index contributed by atoms with van der Waals surface area (Å²) in [7, 11) is 0. The Morgan fingerprint density at radius 1 is 0.533 bits per heavy atom. The molecule has 0 amide bonds. The van der Waals surface area contributed by atoms with Gasteiger partial charge in [0.15, 0.2) is 0 Å². The SMILES string of the molecule is CC(C)(c1ccccc1)c1cc(-c2cc3oc4c5ccccc5ccc4c3cn2)cc(-c2cccc3c2nc(-c2ccccc2O)n3-c2ccccc2-c2ccccc2)c1. The molecule has 0 radical (unpaired) electrons. The maximum Gasteiger partial charge on any atom is 0.149 e. The van der Waals surface area contributed by atoms with Crippen molar-refractivity contribution in [1.29, 1.82) is 0 Å². The van der Waals surface area contributed by atoms with Crippen LogP contribution in [0.2, 0.25) is 0 Å². The second-order valence-corrected chi connectivity index (χ2v) is 16.0. The molecule has 0 saturated carbocycles. The van der Waals surface area contributed by atoms with Gasteiger partial charge in [-0.3, -0.25) is 9.55 Å². The number of pyridine rings is 1. The molecule has 8 aromatic carbocycles. The summed E-state index contributed by atoms with van der Waals surface area (Å²) in [6.45, 7) is 4.55. The number of hydrogen-bond acceptors (Lipinski definition) is 4. The average molecular weight is 774 g/mol. The Balaban J connectivity index is 1.16. The highest BCUT2D eigenvalue weighted by Gasteiger charge is 2.27. The molecule has 5 heteroatoms. The number of imidazole rings is 1. The normalized spacial score (nSPS) is 11.9. The van der Waals surface area contributed by atoms with E-state index in [4.69, 9.17) is 14.4 Å². The summed E-state index contributed by atoms with van der Waals surface area (Å²) in [5.41, 5.74) is 13.0. The second kappa shape index (κ2) is 14.0. The lowest BCUT2D eigenvalue weighted by molar-refractivity contribution is 0.477. The summed E-state index contributed by atoms with van der Waals surface area (Å²) >= 11 is 0. The number of aromatic hydroxyl groups is 1. The van der Waals surface area contributed by atoms with Crippen LogP contribution < -0.4 is 0 Å². The first-order chi connectivity index (χ1) is 29.4. The number of phenols is 1. The van der Waals surface area contributed by atoms with E-state index in [9.17, 15) is 5.11 Å². The molecule has 60 heavy (non-hydrogen) atoms. The minimum atomic E-state index is -0.350. The number of aromatic nitrogens is 3. The van der Waals surface area contributed by atoms with Gasteiger partial charge in [-0.15, -0.1) is 0 Å². The third kappa shape index (κ3) is 5.77. The number of rotatable bonds is 7. The number of furan rings is 1. The predicted octanol–water partition coefficient (Wildman–Crippen LogP) is 14.2. The highest BCUT2D eigenvalue weighted by atomic mass is 16.3. The number of phenolic OH excluding ortho intramolecular Hbond substituents is 1. The van der Waals surface area contributed by atoms with Crippen LogP contribution in [0.1, 0.15) is 25.0 Å². The molecule has 0 fully saturated rings. The van der Waals surface area contributed by atoms with Crippen LogP contribution in [0.25, 0.3) is 94.3 Å². The Kier molecular flexibility index (Phi) is 8.24. The fourth-order valence-corrected chi connectivity index (χ4v) is 8.82. The minimum Gasteiger partial charge on any atom is -0.507 e. The molecule has 11 aromatic rings. The van der Waals surface area contributed by atoms with Gasteiger partial charge in [-0.1, -0.05) is 153 Å². The van der Waals surface area contributed by atoms with Gasteiger partial charge in [-0.05, 0) is 70.1 Å². The zero-order valence-corrected chi connectivity index (χ0v) is 33.2. The van der Waals surface area contributed by atoms with Crippen LogP contribution in [0, 0.1) is 0 Å². The fourth-order valence-electron chi connectivity index (χ4n) is 8.82. The maximum atomic E-state index is 11.3. The van der Waals surface area contributed by atoms with Gasteiger partial charge in [0.25, 0.3) is 0 Å². The minimum absolute atomic E-state index is 0.168. The van der Waals surface area contributed by atoms with Crippen molar-refractivity contribution in [3.63, 3.8) is 0 Å².